The molecule has 3 N–H and O–H groups in total. The number of β-amino-alcohol motifs (C(OH)–C–C–N with tert-alkyl or cyclic N) is 1. The third kappa shape index (κ3) is 8.69. The predicted octanol–water partition coefficient (Wildman–Crippen LogP) is 8.97. The van der Waals surface area contributed by atoms with Gasteiger partial charge in [0.05, 0.1) is 48.4 Å². The number of thiophene rings is 1. The van der Waals surface area contributed by atoms with Gasteiger partial charge in [-0.05, 0) is 126 Å². The number of nitriles is 2. The first kappa shape index (κ1) is 44.0. The van der Waals surface area contributed by atoms with Gasteiger partial charge in [-0.1, -0.05) is 31.9 Å². The Hall–Kier alpha value is -4.04. The number of fused-ring (bicyclic) bond motifs is 3. The van der Waals surface area contributed by atoms with Gasteiger partial charge in [-0.25, -0.2) is 4.39 Å². The molecule has 2 bridgehead atoms. The number of unbranched alkanes of at least 4 members (excludes halogenated alkanes) is 1. The third-order valence-corrected chi connectivity index (χ3v) is 14.6. The molecule has 7 rings (SSSR count). The fraction of sp³-hybridized carbons (Fsp3) is 0.604. The normalized spacial score (nSPS) is 24.0. The highest BCUT2D eigenvalue weighted by Crippen LogP contribution is 2.49. The number of anilines is 1. The van der Waals surface area contributed by atoms with Gasteiger partial charge in [-0.2, -0.15) is 15.5 Å². The highest BCUT2D eigenvalue weighted by Gasteiger charge is 2.47. The summed E-state index contributed by atoms with van der Waals surface area (Å²) >= 11 is 1.13. The number of nitrogens with two attached hydrogens (primary N) is 1. The largest absolute Gasteiger partial charge is 0.477 e. The van der Waals surface area contributed by atoms with E-state index < -0.39 is 11.9 Å². The first-order valence-electron chi connectivity index (χ1n) is 22.2. The number of aliphatic hydroxyl groups is 1. The van der Waals surface area contributed by atoms with E-state index in [2.05, 4.69) is 67.5 Å². The van der Waals surface area contributed by atoms with Gasteiger partial charge >= 0.3 is 0 Å². The van der Waals surface area contributed by atoms with Crippen molar-refractivity contribution >= 4 is 33.6 Å². The number of nitrogen functional groups attached to an aromatic ring is 1. The quantitative estimate of drug-likeness (QED) is 0.102. The van der Waals surface area contributed by atoms with Crippen molar-refractivity contribution in [2.24, 2.45) is 16.3 Å². The summed E-state index contributed by atoms with van der Waals surface area (Å²) in [5.74, 6) is 1.27. The van der Waals surface area contributed by atoms with Crippen LogP contribution in [0, 0.1) is 47.8 Å². The number of hydrogen-bond acceptors (Lipinski definition) is 10. The van der Waals surface area contributed by atoms with E-state index >= 15 is 4.39 Å². The van der Waals surface area contributed by atoms with E-state index in [1.807, 2.05) is 6.92 Å². The van der Waals surface area contributed by atoms with E-state index in [9.17, 15) is 15.6 Å². The molecule has 5 aliphatic rings. The minimum absolute atomic E-state index is 0.0682. The van der Waals surface area contributed by atoms with Crippen LogP contribution in [0.3, 0.4) is 0 Å². The van der Waals surface area contributed by atoms with Crippen LogP contribution in [0.1, 0.15) is 135 Å². The average molecular weight is 838 g/mol. The van der Waals surface area contributed by atoms with E-state index in [0.717, 1.165) is 139 Å². The molecule has 322 valence electrons. The number of likely N-dealkylation sites (tertiary alicyclic amines) is 2. The lowest BCUT2D eigenvalue weighted by Crippen LogP contribution is -2.57. The Morgan fingerprint density at radius 3 is 2.33 bits per heavy atom. The maximum atomic E-state index is 15.8. The topological polar surface area (TPSA) is 134 Å². The SMILES string of the molecule is C/C=C(/F)c1sc(N)c(C#N)c1/C(=C(\C)CC)c1c(C)c(C)c(/C(=N\C(=C\CCC)OCC2(CN3CCC(C#N)C3)CC2)N2C3CCC2CN(CC(C)O)C3)c2c1COC2. The van der Waals surface area contributed by atoms with Gasteiger partial charge in [-0.15, -0.1) is 11.3 Å². The average Bonchev–Trinajstić information content (AvgIpc) is 3.54. The summed E-state index contributed by atoms with van der Waals surface area (Å²) in [6, 6.07) is 5.22. The number of allylic oxidation sites excluding steroid dienone is 3. The molecule has 3 saturated heterocycles. The molecule has 4 aliphatic heterocycles. The Morgan fingerprint density at radius 2 is 1.75 bits per heavy atom. The zero-order valence-electron chi connectivity index (χ0n) is 36.8. The van der Waals surface area contributed by atoms with Crippen LogP contribution in [0.15, 0.2) is 28.6 Å². The summed E-state index contributed by atoms with van der Waals surface area (Å²) in [5, 5.41) is 30.7. The van der Waals surface area contributed by atoms with E-state index in [1.54, 1.807) is 6.92 Å². The standard InChI is InChI=1S/C48H64FN7O3S/c1-8-11-12-40(59-28-48(16-17-48)27-54-18-15-33(19-50)22-54)53-47(56-34-13-14-35(56)24-55(23-34)21-30(5)57)43-32(7)31(6)42(37-25-58-26-38(37)43)41(29(4)9-2)44-36(20-51)46(52)60-45(44)39(49)10-3/h10,12,30,33-35,57H,8-9,11,13-18,21-28,52H2,1-7H3/b39-10+,40-12-,41-29+,53-47+. The van der Waals surface area contributed by atoms with Crippen molar-refractivity contribution in [3.63, 3.8) is 0 Å². The van der Waals surface area contributed by atoms with Crippen molar-refractivity contribution in [2.75, 3.05) is 51.6 Å². The lowest BCUT2D eigenvalue weighted by molar-refractivity contribution is 0.0708. The van der Waals surface area contributed by atoms with E-state index in [4.69, 9.17) is 20.2 Å². The summed E-state index contributed by atoms with van der Waals surface area (Å²) in [7, 11) is 0. The number of rotatable bonds is 15. The highest BCUT2D eigenvalue weighted by atomic mass is 32.1. The monoisotopic (exact) mass is 837 g/mol. The number of hydrogen-bond donors (Lipinski definition) is 2. The van der Waals surface area contributed by atoms with Crippen molar-refractivity contribution in [3.05, 3.63) is 73.0 Å². The van der Waals surface area contributed by atoms with Crippen molar-refractivity contribution < 1.29 is 19.0 Å². The summed E-state index contributed by atoms with van der Waals surface area (Å²) < 4.78 is 29.0. The van der Waals surface area contributed by atoms with Crippen molar-refractivity contribution in [1.82, 2.24) is 14.7 Å². The van der Waals surface area contributed by atoms with Crippen LogP contribution in [0.4, 0.5) is 9.39 Å². The zero-order valence-corrected chi connectivity index (χ0v) is 37.6. The summed E-state index contributed by atoms with van der Waals surface area (Å²) in [6.45, 7) is 20.6. The molecule has 1 aromatic heterocycles. The number of ether oxygens (including phenoxy) is 2. The number of halogens is 1. The molecule has 60 heavy (non-hydrogen) atoms. The van der Waals surface area contributed by atoms with E-state index in [1.165, 1.54) is 6.08 Å². The minimum Gasteiger partial charge on any atom is -0.477 e. The molecule has 1 aromatic carbocycles. The van der Waals surface area contributed by atoms with Gasteiger partial charge in [0.25, 0.3) is 0 Å². The van der Waals surface area contributed by atoms with Crippen LogP contribution in [0.5, 0.6) is 0 Å². The number of benzene rings is 1. The number of nitrogens with zero attached hydrogens (tertiary/aromatic N) is 6. The van der Waals surface area contributed by atoms with Crippen LogP contribution >= 0.6 is 11.3 Å². The molecule has 1 aliphatic carbocycles. The first-order chi connectivity index (χ1) is 28.9. The van der Waals surface area contributed by atoms with Crippen molar-refractivity contribution in [3.8, 4) is 12.1 Å². The molecule has 0 amide bonds. The predicted molar refractivity (Wildman–Crippen MR) is 239 cm³/mol. The molecule has 5 heterocycles. The van der Waals surface area contributed by atoms with Gasteiger partial charge in [0.1, 0.15) is 22.7 Å². The number of piperazine rings is 1. The second-order valence-electron chi connectivity index (χ2n) is 18.0. The number of amidine groups is 1. The van der Waals surface area contributed by atoms with Gasteiger partial charge < -0.3 is 30.1 Å². The lowest BCUT2D eigenvalue weighted by Gasteiger charge is -2.44. The maximum Gasteiger partial charge on any atom is 0.211 e. The van der Waals surface area contributed by atoms with Gasteiger partial charge in [0.15, 0.2) is 0 Å². The van der Waals surface area contributed by atoms with E-state index in [0.29, 0.717) is 59.7 Å². The molecular formula is C48H64FN7O3S. The smallest absolute Gasteiger partial charge is 0.211 e. The summed E-state index contributed by atoms with van der Waals surface area (Å²) in [5.41, 5.74) is 15.6. The summed E-state index contributed by atoms with van der Waals surface area (Å²) in [6.07, 6.45) is 10.9. The number of aliphatic hydroxyl groups excluding tert-OH is 1. The summed E-state index contributed by atoms with van der Waals surface area (Å²) in [4.78, 5) is 13.4. The van der Waals surface area contributed by atoms with Crippen LogP contribution in [0.25, 0.3) is 11.4 Å². The number of aliphatic imine (C=N–C) groups is 1. The van der Waals surface area contributed by atoms with Crippen LogP contribution in [-0.2, 0) is 22.7 Å². The van der Waals surface area contributed by atoms with Crippen molar-refractivity contribution in [1.29, 1.82) is 10.5 Å². The zero-order chi connectivity index (χ0) is 42.9. The molecular weight excluding hydrogens is 774 g/mol. The molecule has 0 spiro atoms. The lowest BCUT2D eigenvalue weighted by atomic mass is 9.80. The fourth-order valence-electron chi connectivity index (χ4n) is 10.1. The first-order valence-corrected chi connectivity index (χ1v) is 23.0. The minimum atomic E-state index is -0.407. The molecule has 1 saturated carbocycles. The fourth-order valence-corrected chi connectivity index (χ4v) is 11.1. The van der Waals surface area contributed by atoms with Gasteiger partial charge in [0.2, 0.25) is 5.88 Å². The molecule has 2 aromatic rings. The van der Waals surface area contributed by atoms with Gasteiger partial charge in [0, 0.05) is 61.3 Å². The van der Waals surface area contributed by atoms with Crippen molar-refractivity contribution in [2.45, 2.75) is 131 Å². The van der Waals surface area contributed by atoms with Crippen LogP contribution in [0.2, 0.25) is 0 Å². The third-order valence-electron chi connectivity index (χ3n) is 13.6. The Labute approximate surface area is 360 Å². The van der Waals surface area contributed by atoms with Crippen LogP contribution < -0.4 is 5.73 Å². The molecule has 4 atom stereocenters. The van der Waals surface area contributed by atoms with Gasteiger partial charge in [-0.3, -0.25) is 4.90 Å². The molecule has 12 heteroatoms. The Bertz CT molecular complexity index is 2160. The Kier molecular flexibility index (Phi) is 13.6. The molecule has 0 radical (unpaired) electrons. The second kappa shape index (κ2) is 18.5. The Balaban J connectivity index is 1.37. The van der Waals surface area contributed by atoms with E-state index in [-0.39, 0.29) is 23.4 Å². The second-order valence-corrected chi connectivity index (χ2v) is 19.1. The maximum absolute atomic E-state index is 15.8. The Morgan fingerprint density at radius 1 is 1.07 bits per heavy atom. The molecule has 10 nitrogen and oxygen atoms in total. The highest BCUT2D eigenvalue weighted by molar-refractivity contribution is 7.17. The van der Waals surface area contributed by atoms with Crippen LogP contribution in [-0.4, -0.2) is 89.7 Å². The molecule has 4 fully saturated rings. The molecule has 4 unspecified atom stereocenters.